The number of likely N-dealkylation sites (tertiary alicyclic amines) is 1. The van der Waals surface area contributed by atoms with Crippen LogP contribution in [0.1, 0.15) is 73.1 Å². The maximum absolute atomic E-state index is 12.3. The van der Waals surface area contributed by atoms with Crippen molar-refractivity contribution < 1.29 is 24.0 Å². The van der Waals surface area contributed by atoms with E-state index in [4.69, 9.17) is 0 Å². The lowest BCUT2D eigenvalue weighted by atomic mass is 9.94. The largest absolute Gasteiger partial charge is 0.347 e. The highest BCUT2D eigenvalue weighted by Gasteiger charge is 2.39. The minimum Gasteiger partial charge on any atom is -0.347 e. The van der Waals surface area contributed by atoms with Gasteiger partial charge in [-0.1, -0.05) is 41.0 Å². The smallest absolute Gasteiger partial charge is 0.243 e. The number of carbonyl (C=O) groups is 5. The van der Waals surface area contributed by atoms with Gasteiger partial charge >= 0.3 is 0 Å². The Morgan fingerprint density at radius 3 is 2.27 bits per heavy atom. The van der Waals surface area contributed by atoms with E-state index in [9.17, 15) is 24.0 Å². The summed E-state index contributed by atoms with van der Waals surface area (Å²) < 4.78 is 0. The molecule has 0 aromatic carbocycles. The van der Waals surface area contributed by atoms with Crippen LogP contribution in [-0.2, 0) is 24.0 Å². The number of nitrogens with one attached hydrogen (secondary N) is 2. The van der Waals surface area contributed by atoms with E-state index < -0.39 is 6.04 Å². The SMILES string of the molecule is CCC(=O)CNC(=O)[C@@H](NC(=O)CCCCCN1C(=O)CC(C(C)C)C1=O)C(C)C. The summed E-state index contributed by atoms with van der Waals surface area (Å²) in [6, 6.07) is -0.685. The van der Waals surface area contributed by atoms with Crippen LogP contribution in [0.3, 0.4) is 0 Å². The normalized spacial score (nSPS) is 17.6. The van der Waals surface area contributed by atoms with Gasteiger partial charge in [0.2, 0.25) is 23.6 Å². The van der Waals surface area contributed by atoms with E-state index in [-0.39, 0.29) is 60.1 Å². The van der Waals surface area contributed by atoms with Gasteiger partial charge in [-0.3, -0.25) is 28.9 Å². The molecule has 1 rings (SSSR count). The molecule has 0 saturated carbocycles. The fourth-order valence-electron chi connectivity index (χ4n) is 3.40. The molecular formula is C22H37N3O5. The third kappa shape index (κ3) is 7.88. The van der Waals surface area contributed by atoms with Crippen molar-refractivity contribution in [2.75, 3.05) is 13.1 Å². The topological polar surface area (TPSA) is 113 Å². The van der Waals surface area contributed by atoms with Crippen molar-refractivity contribution in [3.8, 4) is 0 Å². The van der Waals surface area contributed by atoms with Crippen molar-refractivity contribution in [2.45, 2.75) is 79.2 Å². The van der Waals surface area contributed by atoms with E-state index in [0.29, 0.717) is 38.6 Å². The van der Waals surface area contributed by atoms with Gasteiger partial charge in [0.05, 0.1) is 6.54 Å². The number of imide groups is 1. The van der Waals surface area contributed by atoms with Crippen LogP contribution in [0.25, 0.3) is 0 Å². The van der Waals surface area contributed by atoms with Gasteiger partial charge < -0.3 is 10.6 Å². The predicted octanol–water partition coefficient (Wildman–Crippen LogP) is 1.81. The Morgan fingerprint density at radius 2 is 1.73 bits per heavy atom. The highest BCUT2D eigenvalue weighted by Crippen LogP contribution is 2.26. The number of hydrogen-bond acceptors (Lipinski definition) is 5. The maximum atomic E-state index is 12.3. The van der Waals surface area contributed by atoms with Crippen molar-refractivity contribution in [3.05, 3.63) is 0 Å². The number of carbonyl (C=O) groups excluding carboxylic acids is 5. The molecule has 1 heterocycles. The van der Waals surface area contributed by atoms with Crippen molar-refractivity contribution in [3.63, 3.8) is 0 Å². The zero-order valence-corrected chi connectivity index (χ0v) is 19.0. The lowest BCUT2D eigenvalue weighted by molar-refractivity contribution is -0.139. The second-order valence-electron chi connectivity index (χ2n) is 8.65. The molecule has 1 aliphatic rings. The Kier molecular flexibility index (Phi) is 10.7. The van der Waals surface area contributed by atoms with Crippen LogP contribution in [0.15, 0.2) is 0 Å². The molecule has 1 fully saturated rings. The molecule has 1 saturated heterocycles. The molecule has 4 amide bonds. The van der Waals surface area contributed by atoms with Gasteiger partial charge in [-0.05, 0) is 24.7 Å². The number of nitrogens with zero attached hydrogens (tertiary/aromatic N) is 1. The summed E-state index contributed by atoms with van der Waals surface area (Å²) in [7, 11) is 0. The zero-order chi connectivity index (χ0) is 22.8. The van der Waals surface area contributed by atoms with E-state index in [1.807, 2.05) is 27.7 Å². The summed E-state index contributed by atoms with van der Waals surface area (Å²) >= 11 is 0. The molecule has 0 aromatic heterocycles. The van der Waals surface area contributed by atoms with Crippen molar-refractivity contribution in [1.29, 1.82) is 0 Å². The zero-order valence-electron chi connectivity index (χ0n) is 19.0. The fraction of sp³-hybridized carbons (Fsp3) is 0.773. The second kappa shape index (κ2) is 12.4. The van der Waals surface area contributed by atoms with Gasteiger partial charge in [0, 0.05) is 31.7 Å². The highest BCUT2D eigenvalue weighted by atomic mass is 16.2. The molecule has 170 valence electrons. The summed E-state index contributed by atoms with van der Waals surface area (Å²) in [5.74, 6) is -0.997. The van der Waals surface area contributed by atoms with Gasteiger partial charge in [-0.25, -0.2) is 0 Å². The third-order valence-electron chi connectivity index (χ3n) is 5.49. The Balaban J connectivity index is 2.34. The molecular weight excluding hydrogens is 386 g/mol. The van der Waals surface area contributed by atoms with Crippen LogP contribution in [0, 0.1) is 17.8 Å². The molecule has 2 atom stereocenters. The van der Waals surface area contributed by atoms with Crippen LogP contribution >= 0.6 is 0 Å². The number of ketones is 1. The third-order valence-corrected chi connectivity index (χ3v) is 5.49. The molecule has 0 radical (unpaired) electrons. The van der Waals surface area contributed by atoms with Gasteiger partial charge in [-0.2, -0.15) is 0 Å². The van der Waals surface area contributed by atoms with E-state index in [2.05, 4.69) is 10.6 Å². The molecule has 1 unspecified atom stereocenters. The molecule has 0 aliphatic carbocycles. The Labute approximate surface area is 179 Å². The van der Waals surface area contributed by atoms with Crippen LogP contribution in [-0.4, -0.2) is 53.4 Å². The number of amides is 4. The van der Waals surface area contributed by atoms with Gasteiger partial charge in [0.1, 0.15) is 6.04 Å². The highest BCUT2D eigenvalue weighted by molar-refractivity contribution is 6.03. The number of hydrogen-bond donors (Lipinski definition) is 2. The van der Waals surface area contributed by atoms with E-state index in [1.165, 1.54) is 4.90 Å². The van der Waals surface area contributed by atoms with Gasteiger partial charge in [-0.15, -0.1) is 0 Å². The first-order chi connectivity index (χ1) is 14.1. The minimum absolute atomic E-state index is 0.0277. The average molecular weight is 424 g/mol. The van der Waals surface area contributed by atoms with Crippen LogP contribution in [0.2, 0.25) is 0 Å². The standard InChI is InChI=1S/C22H37N3O5/c1-6-16(26)13-23-21(29)20(15(4)5)24-18(27)10-8-7-9-11-25-19(28)12-17(14(2)3)22(25)30/h14-15,17,20H,6-13H2,1-5H3,(H,23,29)(H,24,27)/t17?,20-/m0/s1. The number of Topliss-reactive ketones (excluding diaryl/α,β-unsaturated/α-hetero) is 1. The van der Waals surface area contributed by atoms with Gasteiger partial charge in [0.25, 0.3) is 0 Å². The quantitative estimate of drug-likeness (QED) is 0.347. The Bertz CT molecular complexity index is 645. The first kappa shape index (κ1) is 25.8. The first-order valence-corrected chi connectivity index (χ1v) is 11.0. The monoisotopic (exact) mass is 423 g/mol. The Hall–Kier alpha value is -2.25. The number of rotatable bonds is 13. The minimum atomic E-state index is -0.685. The first-order valence-electron chi connectivity index (χ1n) is 11.0. The van der Waals surface area contributed by atoms with Gasteiger partial charge in [0.15, 0.2) is 5.78 Å². The van der Waals surface area contributed by atoms with Crippen molar-refractivity contribution in [2.24, 2.45) is 17.8 Å². The summed E-state index contributed by atoms with van der Waals surface area (Å²) in [5.41, 5.74) is 0. The molecule has 0 bridgehead atoms. The molecule has 30 heavy (non-hydrogen) atoms. The summed E-state index contributed by atoms with van der Waals surface area (Å²) in [6.45, 7) is 9.66. The maximum Gasteiger partial charge on any atom is 0.243 e. The molecule has 8 heteroatoms. The fourth-order valence-corrected chi connectivity index (χ4v) is 3.40. The van der Waals surface area contributed by atoms with Crippen molar-refractivity contribution in [1.82, 2.24) is 15.5 Å². The second-order valence-corrected chi connectivity index (χ2v) is 8.65. The van der Waals surface area contributed by atoms with Crippen LogP contribution in [0.5, 0.6) is 0 Å². The molecule has 8 nitrogen and oxygen atoms in total. The molecule has 0 aromatic rings. The van der Waals surface area contributed by atoms with Crippen LogP contribution in [0.4, 0.5) is 0 Å². The van der Waals surface area contributed by atoms with Crippen LogP contribution < -0.4 is 10.6 Å². The Morgan fingerprint density at radius 1 is 1.07 bits per heavy atom. The van der Waals surface area contributed by atoms with E-state index in [0.717, 1.165) is 0 Å². The lowest BCUT2D eigenvalue weighted by Gasteiger charge is -2.21. The van der Waals surface area contributed by atoms with Crippen molar-refractivity contribution >= 4 is 29.4 Å². The summed E-state index contributed by atoms with van der Waals surface area (Å²) in [5, 5.41) is 5.32. The predicted molar refractivity (Wildman–Crippen MR) is 113 cm³/mol. The molecule has 2 N–H and O–H groups in total. The lowest BCUT2D eigenvalue weighted by Crippen LogP contribution is -2.50. The summed E-state index contributed by atoms with van der Waals surface area (Å²) in [4.78, 5) is 61.5. The van der Waals surface area contributed by atoms with E-state index in [1.54, 1.807) is 6.92 Å². The average Bonchev–Trinajstić information content (AvgIpc) is 2.97. The molecule has 0 spiro atoms. The van der Waals surface area contributed by atoms with E-state index >= 15 is 0 Å². The molecule has 1 aliphatic heterocycles. The summed E-state index contributed by atoms with van der Waals surface area (Å²) in [6.07, 6.45) is 2.88. The number of unbranched alkanes of at least 4 members (excludes halogenated alkanes) is 2.